The van der Waals surface area contributed by atoms with Crippen molar-refractivity contribution in [3.05, 3.63) is 47.2 Å². The normalized spacial score (nSPS) is 14.4. The molecular formula is C16H14F3NO2. The van der Waals surface area contributed by atoms with Crippen molar-refractivity contribution in [3.63, 3.8) is 0 Å². The third-order valence-corrected chi connectivity index (χ3v) is 3.67. The molecule has 0 amide bonds. The van der Waals surface area contributed by atoms with Crippen LogP contribution in [-0.2, 0) is 19.2 Å². The molecule has 0 unspecified atom stereocenters. The quantitative estimate of drug-likeness (QED) is 0.922. The minimum atomic E-state index is -4.43. The van der Waals surface area contributed by atoms with E-state index in [2.05, 4.69) is 4.98 Å². The number of rotatable bonds is 2. The van der Waals surface area contributed by atoms with Crippen LogP contribution in [0.25, 0.3) is 11.1 Å². The van der Waals surface area contributed by atoms with Gasteiger partial charge in [0.2, 0.25) is 5.88 Å². The molecule has 0 saturated heterocycles. The fraction of sp³-hybridized carbons (Fsp3) is 0.312. The van der Waals surface area contributed by atoms with Crippen LogP contribution in [0.4, 0.5) is 13.2 Å². The van der Waals surface area contributed by atoms with Gasteiger partial charge < -0.3 is 9.84 Å². The number of pyridine rings is 1. The maximum atomic E-state index is 12.8. The summed E-state index contributed by atoms with van der Waals surface area (Å²) in [5.74, 6) is 0.576. The number of aromatic nitrogens is 1. The summed E-state index contributed by atoms with van der Waals surface area (Å²) >= 11 is 0. The zero-order valence-corrected chi connectivity index (χ0v) is 11.7. The minimum Gasteiger partial charge on any atom is -0.477 e. The highest BCUT2D eigenvalue weighted by Crippen LogP contribution is 2.34. The monoisotopic (exact) mass is 309 g/mol. The molecule has 116 valence electrons. The summed E-state index contributed by atoms with van der Waals surface area (Å²) in [5.41, 5.74) is 1.63. The standard InChI is InChI=1S/C16H14F3NO2/c17-16(18,19)13-3-4-14(12(7-13)9-21)11-6-10-2-1-5-22-15(10)20-8-11/h3-4,6-8,21H,1-2,5,9H2. The highest BCUT2D eigenvalue weighted by Gasteiger charge is 2.31. The van der Waals surface area contributed by atoms with Gasteiger partial charge in [0.15, 0.2) is 0 Å². The van der Waals surface area contributed by atoms with Gasteiger partial charge in [0.05, 0.1) is 18.8 Å². The van der Waals surface area contributed by atoms with Gasteiger partial charge in [0.1, 0.15) is 0 Å². The SMILES string of the molecule is OCc1cc(C(F)(F)F)ccc1-c1cnc2c(c1)CCCO2. The van der Waals surface area contributed by atoms with Gasteiger partial charge in [-0.25, -0.2) is 4.98 Å². The van der Waals surface area contributed by atoms with Crippen molar-refractivity contribution in [1.29, 1.82) is 0 Å². The fourth-order valence-corrected chi connectivity index (χ4v) is 2.57. The van der Waals surface area contributed by atoms with Crippen molar-refractivity contribution >= 4 is 0 Å². The molecule has 3 rings (SSSR count). The van der Waals surface area contributed by atoms with E-state index >= 15 is 0 Å². The fourth-order valence-electron chi connectivity index (χ4n) is 2.57. The van der Waals surface area contributed by atoms with E-state index in [-0.39, 0.29) is 5.56 Å². The highest BCUT2D eigenvalue weighted by atomic mass is 19.4. The molecule has 1 aliphatic rings. The lowest BCUT2D eigenvalue weighted by Crippen LogP contribution is -2.10. The van der Waals surface area contributed by atoms with Crippen molar-refractivity contribution < 1.29 is 23.0 Å². The Bertz CT molecular complexity index is 698. The first-order valence-electron chi connectivity index (χ1n) is 6.92. The van der Waals surface area contributed by atoms with Crippen LogP contribution >= 0.6 is 0 Å². The molecule has 0 bridgehead atoms. The zero-order chi connectivity index (χ0) is 15.7. The first-order valence-corrected chi connectivity index (χ1v) is 6.92. The first kappa shape index (κ1) is 14.8. The topological polar surface area (TPSA) is 42.4 Å². The first-order chi connectivity index (χ1) is 10.5. The number of aryl methyl sites for hydroxylation is 1. The van der Waals surface area contributed by atoms with E-state index in [4.69, 9.17) is 4.74 Å². The number of hydrogen-bond acceptors (Lipinski definition) is 3. The molecule has 22 heavy (non-hydrogen) atoms. The molecule has 0 spiro atoms. The number of aliphatic hydroxyl groups is 1. The molecule has 0 atom stereocenters. The largest absolute Gasteiger partial charge is 0.477 e. The van der Waals surface area contributed by atoms with Crippen molar-refractivity contribution in [3.8, 4) is 17.0 Å². The van der Waals surface area contributed by atoms with E-state index in [0.29, 0.717) is 23.6 Å². The van der Waals surface area contributed by atoms with Crippen molar-refractivity contribution in [2.45, 2.75) is 25.6 Å². The van der Waals surface area contributed by atoms with E-state index in [1.165, 1.54) is 6.07 Å². The molecule has 1 aliphatic heterocycles. The zero-order valence-electron chi connectivity index (χ0n) is 11.7. The maximum absolute atomic E-state index is 12.8. The Kier molecular flexibility index (Phi) is 3.78. The third-order valence-electron chi connectivity index (χ3n) is 3.67. The predicted octanol–water partition coefficient (Wildman–Crippen LogP) is 3.58. The molecule has 1 aromatic carbocycles. The lowest BCUT2D eigenvalue weighted by molar-refractivity contribution is -0.137. The van der Waals surface area contributed by atoms with Crippen molar-refractivity contribution in [2.24, 2.45) is 0 Å². The number of fused-ring (bicyclic) bond motifs is 1. The van der Waals surface area contributed by atoms with Crippen LogP contribution in [0.5, 0.6) is 5.88 Å². The van der Waals surface area contributed by atoms with E-state index in [1.807, 2.05) is 6.07 Å². The molecule has 0 aliphatic carbocycles. The average molecular weight is 309 g/mol. The van der Waals surface area contributed by atoms with Gasteiger partial charge in [0, 0.05) is 17.3 Å². The van der Waals surface area contributed by atoms with Crippen LogP contribution in [0, 0.1) is 0 Å². The smallest absolute Gasteiger partial charge is 0.416 e. The Balaban J connectivity index is 2.04. The summed E-state index contributed by atoms with van der Waals surface area (Å²) in [4.78, 5) is 4.22. The number of nitrogens with zero attached hydrogens (tertiary/aromatic N) is 1. The Morgan fingerprint density at radius 3 is 2.77 bits per heavy atom. The highest BCUT2D eigenvalue weighted by molar-refractivity contribution is 5.68. The minimum absolute atomic E-state index is 0.230. The summed E-state index contributed by atoms with van der Waals surface area (Å²) < 4.78 is 43.7. The van der Waals surface area contributed by atoms with Gasteiger partial charge in [-0.15, -0.1) is 0 Å². The molecular weight excluding hydrogens is 295 g/mol. The molecule has 0 fully saturated rings. The number of halogens is 3. The number of benzene rings is 1. The summed E-state index contributed by atoms with van der Waals surface area (Å²) in [6, 6.07) is 5.24. The van der Waals surface area contributed by atoms with Gasteiger partial charge in [0.25, 0.3) is 0 Å². The van der Waals surface area contributed by atoms with Crippen LogP contribution < -0.4 is 4.74 Å². The average Bonchev–Trinajstić information content (AvgIpc) is 2.53. The second kappa shape index (κ2) is 5.61. The van der Waals surface area contributed by atoms with E-state index in [0.717, 1.165) is 30.5 Å². The lowest BCUT2D eigenvalue weighted by Gasteiger charge is -2.18. The van der Waals surface area contributed by atoms with Crippen LogP contribution in [0.3, 0.4) is 0 Å². The van der Waals surface area contributed by atoms with E-state index < -0.39 is 18.3 Å². The summed E-state index contributed by atoms with van der Waals surface area (Å²) in [6.07, 6.45) is -1.15. The number of hydrogen-bond donors (Lipinski definition) is 1. The van der Waals surface area contributed by atoms with E-state index in [1.54, 1.807) is 6.20 Å². The molecule has 6 heteroatoms. The van der Waals surface area contributed by atoms with Crippen LogP contribution in [-0.4, -0.2) is 16.7 Å². The number of ether oxygens (including phenoxy) is 1. The van der Waals surface area contributed by atoms with Crippen LogP contribution in [0.15, 0.2) is 30.5 Å². The Hall–Kier alpha value is -2.08. The van der Waals surface area contributed by atoms with Gasteiger partial charge in [-0.3, -0.25) is 0 Å². The molecule has 0 saturated carbocycles. The molecule has 2 aromatic rings. The Labute approximate surface area is 125 Å². The molecule has 1 N–H and O–H groups in total. The number of aliphatic hydroxyl groups excluding tert-OH is 1. The van der Waals surface area contributed by atoms with Crippen molar-refractivity contribution in [1.82, 2.24) is 4.98 Å². The molecule has 1 aromatic heterocycles. The molecule has 2 heterocycles. The van der Waals surface area contributed by atoms with Crippen LogP contribution in [0.1, 0.15) is 23.1 Å². The molecule has 0 radical (unpaired) electrons. The second-order valence-corrected chi connectivity index (χ2v) is 5.17. The molecule has 3 nitrogen and oxygen atoms in total. The van der Waals surface area contributed by atoms with E-state index in [9.17, 15) is 18.3 Å². The Morgan fingerprint density at radius 2 is 2.05 bits per heavy atom. The van der Waals surface area contributed by atoms with Crippen molar-refractivity contribution in [2.75, 3.05) is 6.61 Å². The number of alkyl halides is 3. The van der Waals surface area contributed by atoms with Gasteiger partial charge in [-0.2, -0.15) is 13.2 Å². The van der Waals surface area contributed by atoms with Gasteiger partial charge >= 0.3 is 6.18 Å². The third kappa shape index (κ3) is 2.78. The Morgan fingerprint density at radius 1 is 1.23 bits per heavy atom. The maximum Gasteiger partial charge on any atom is 0.416 e. The van der Waals surface area contributed by atoms with Crippen LogP contribution in [0.2, 0.25) is 0 Å². The predicted molar refractivity (Wildman–Crippen MR) is 74.4 cm³/mol. The summed E-state index contributed by atoms with van der Waals surface area (Å²) in [6.45, 7) is 0.161. The van der Waals surface area contributed by atoms with Gasteiger partial charge in [-0.05, 0) is 42.2 Å². The second-order valence-electron chi connectivity index (χ2n) is 5.17. The lowest BCUT2D eigenvalue weighted by atomic mass is 9.97. The van der Waals surface area contributed by atoms with Gasteiger partial charge in [-0.1, -0.05) is 6.07 Å². The summed E-state index contributed by atoms with van der Waals surface area (Å²) in [5, 5.41) is 9.40. The summed E-state index contributed by atoms with van der Waals surface area (Å²) in [7, 11) is 0.